The van der Waals surface area contributed by atoms with E-state index in [2.05, 4.69) is 74.6 Å². The van der Waals surface area contributed by atoms with Crippen LogP contribution in [0.2, 0.25) is 0 Å². The Labute approximate surface area is 147 Å². The maximum atomic E-state index is 5.49. The zero-order valence-corrected chi connectivity index (χ0v) is 16.3. The average molecular weight is 335 g/mol. The first-order valence-corrected chi connectivity index (χ1v) is 8.71. The molecule has 0 saturated heterocycles. The highest BCUT2D eigenvalue weighted by Crippen LogP contribution is 2.25. The largest absolute Gasteiger partial charge is 0.496 e. The van der Waals surface area contributed by atoms with Crippen LogP contribution in [0.25, 0.3) is 0 Å². The van der Waals surface area contributed by atoms with Gasteiger partial charge in [0, 0.05) is 24.2 Å². The predicted molar refractivity (Wildman–Crippen MR) is 103 cm³/mol. The number of nitrogens with zero attached hydrogens (tertiary/aromatic N) is 1. The Balaban J connectivity index is 2.75. The van der Waals surface area contributed by atoms with E-state index >= 15 is 0 Å². The third-order valence-electron chi connectivity index (χ3n) is 3.59. The normalized spacial score (nSPS) is 13.5. The summed E-state index contributed by atoms with van der Waals surface area (Å²) in [6.45, 7) is 15.2. The Hall–Kier alpha value is -1.75. The summed E-state index contributed by atoms with van der Waals surface area (Å²) >= 11 is 0. The number of nitrogens with one attached hydrogen (secondary N) is 3. The number of hydrogen-bond donors (Lipinski definition) is 3. The van der Waals surface area contributed by atoms with Gasteiger partial charge < -0.3 is 20.7 Å². The molecule has 0 bridgehead atoms. The number of guanidine groups is 1. The van der Waals surface area contributed by atoms with Gasteiger partial charge in [0.15, 0.2) is 5.96 Å². The zero-order valence-electron chi connectivity index (χ0n) is 16.3. The predicted octanol–water partition coefficient (Wildman–Crippen LogP) is 3.01. The summed E-state index contributed by atoms with van der Waals surface area (Å²) in [6.07, 6.45) is 0. The standard InChI is InChI=1S/C19H34N4O/c1-8-20-18(21-11-12-22-19(4,5)6)23-15(3)16-13-14(2)9-10-17(16)24-7/h9-10,13,15,22H,8,11-12H2,1-7H3,(H2,20,21,23). The fraction of sp³-hybridized carbons (Fsp3) is 0.632. The molecule has 24 heavy (non-hydrogen) atoms. The summed E-state index contributed by atoms with van der Waals surface area (Å²) in [7, 11) is 1.71. The van der Waals surface area contributed by atoms with Crippen LogP contribution in [-0.2, 0) is 0 Å². The average Bonchev–Trinajstić information content (AvgIpc) is 2.50. The van der Waals surface area contributed by atoms with Gasteiger partial charge in [-0.05, 0) is 47.6 Å². The summed E-state index contributed by atoms with van der Waals surface area (Å²) in [5, 5.41) is 10.2. The second kappa shape index (κ2) is 9.52. The Kier molecular flexibility index (Phi) is 8.05. The molecule has 0 radical (unpaired) electrons. The number of hydrogen-bond acceptors (Lipinski definition) is 3. The van der Waals surface area contributed by atoms with Crippen molar-refractivity contribution in [1.82, 2.24) is 16.0 Å². The fourth-order valence-electron chi connectivity index (χ4n) is 2.39. The number of ether oxygens (including phenoxy) is 1. The molecule has 0 aliphatic rings. The first kappa shape index (κ1) is 20.3. The lowest BCUT2D eigenvalue weighted by Crippen LogP contribution is -2.40. The van der Waals surface area contributed by atoms with Crippen molar-refractivity contribution in [2.75, 3.05) is 26.7 Å². The smallest absolute Gasteiger partial charge is 0.191 e. The summed E-state index contributed by atoms with van der Waals surface area (Å²) in [5.41, 5.74) is 2.47. The Morgan fingerprint density at radius 2 is 2.00 bits per heavy atom. The molecular weight excluding hydrogens is 300 g/mol. The Morgan fingerprint density at radius 3 is 2.58 bits per heavy atom. The second-order valence-electron chi connectivity index (χ2n) is 7.05. The van der Waals surface area contributed by atoms with Crippen LogP contribution in [0.4, 0.5) is 0 Å². The molecule has 1 atom stereocenters. The lowest BCUT2D eigenvalue weighted by molar-refractivity contribution is 0.405. The molecule has 0 fully saturated rings. The van der Waals surface area contributed by atoms with E-state index < -0.39 is 0 Å². The van der Waals surface area contributed by atoms with Crippen LogP contribution in [-0.4, -0.2) is 38.2 Å². The van der Waals surface area contributed by atoms with Gasteiger partial charge in [-0.15, -0.1) is 0 Å². The van der Waals surface area contributed by atoms with Crippen molar-refractivity contribution in [3.8, 4) is 5.75 Å². The maximum Gasteiger partial charge on any atom is 0.191 e. The van der Waals surface area contributed by atoms with Gasteiger partial charge in [-0.3, -0.25) is 4.99 Å². The molecule has 0 aromatic heterocycles. The van der Waals surface area contributed by atoms with Crippen LogP contribution in [0.5, 0.6) is 5.75 Å². The van der Waals surface area contributed by atoms with E-state index in [1.54, 1.807) is 7.11 Å². The molecule has 5 heteroatoms. The van der Waals surface area contributed by atoms with Gasteiger partial charge in [-0.2, -0.15) is 0 Å². The first-order chi connectivity index (χ1) is 11.3. The third kappa shape index (κ3) is 7.21. The molecule has 0 heterocycles. The Bertz CT molecular complexity index is 535. The van der Waals surface area contributed by atoms with Crippen LogP contribution in [0.1, 0.15) is 51.8 Å². The minimum atomic E-state index is 0.105. The summed E-state index contributed by atoms with van der Waals surface area (Å²) < 4.78 is 5.49. The molecule has 1 aromatic carbocycles. The molecule has 0 aliphatic heterocycles. The maximum absolute atomic E-state index is 5.49. The van der Waals surface area contributed by atoms with Gasteiger partial charge in [0.2, 0.25) is 0 Å². The van der Waals surface area contributed by atoms with E-state index in [-0.39, 0.29) is 11.6 Å². The van der Waals surface area contributed by atoms with Crippen LogP contribution < -0.4 is 20.7 Å². The summed E-state index contributed by atoms with van der Waals surface area (Å²) in [4.78, 5) is 4.65. The molecule has 0 aliphatic carbocycles. The zero-order chi connectivity index (χ0) is 18.2. The number of rotatable bonds is 7. The van der Waals surface area contributed by atoms with Crippen molar-refractivity contribution >= 4 is 5.96 Å². The fourth-order valence-corrected chi connectivity index (χ4v) is 2.39. The van der Waals surface area contributed by atoms with Gasteiger partial charge >= 0.3 is 0 Å². The van der Waals surface area contributed by atoms with Crippen LogP contribution in [0.3, 0.4) is 0 Å². The molecule has 1 rings (SSSR count). The third-order valence-corrected chi connectivity index (χ3v) is 3.59. The number of methoxy groups -OCH3 is 1. The van der Waals surface area contributed by atoms with Crippen LogP contribution in [0.15, 0.2) is 23.2 Å². The quantitative estimate of drug-likeness (QED) is 0.408. The van der Waals surface area contributed by atoms with Gasteiger partial charge in [0.05, 0.1) is 19.7 Å². The highest BCUT2D eigenvalue weighted by Gasteiger charge is 2.13. The number of aryl methyl sites for hydroxylation is 1. The first-order valence-electron chi connectivity index (χ1n) is 8.71. The second-order valence-corrected chi connectivity index (χ2v) is 7.05. The SMILES string of the molecule is CCNC(=NCCNC(C)(C)C)NC(C)c1cc(C)ccc1OC. The van der Waals surface area contributed by atoms with E-state index in [0.29, 0.717) is 0 Å². The summed E-state index contributed by atoms with van der Waals surface area (Å²) in [6, 6.07) is 6.33. The van der Waals surface area contributed by atoms with E-state index in [1.807, 2.05) is 6.07 Å². The van der Waals surface area contributed by atoms with Gasteiger partial charge in [0.25, 0.3) is 0 Å². The monoisotopic (exact) mass is 334 g/mol. The van der Waals surface area contributed by atoms with Crippen molar-refractivity contribution in [3.05, 3.63) is 29.3 Å². The van der Waals surface area contributed by atoms with E-state index in [1.165, 1.54) is 5.56 Å². The molecule has 0 saturated carbocycles. The molecular formula is C19H34N4O. The highest BCUT2D eigenvalue weighted by atomic mass is 16.5. The molecule has 1 unspecified atom stereocenters. The molecule has 0 spiro atoms. The number of benzene rings is 1. The minimum Gasteiger partial charge on any atom is -0.496 e. The minimum absolute atomic E-state index is 0.105. The van der Waals surface area contributed by atoms with Crippen LogP contribution in [0, 0.1) is 6.92 Å². The highest BCUT2D eigenvalue weighted by molar-refractivity contribution is 5.80. The molecule has 5 nitrogen and oxygen atoms in total. The topological polar surface area (TPSA) is 57.7 Å². The number of aliphatic imine (C=N–C) groups is 1. The van der Waals surface area contributed by atoms with Crippen molar-refractivity contribution in [3.63, 3.8) is 0 Å². The van der Waals surface area contributed by atoms with Gasteiger partial charge in [0.1, 0.15) is 5.75 Å². The summed E-state index contributed by atoms with van der Waals surface area (Å²) in [5.74, 6) is 1.72. The Morgan fingerprint density at radius 1 is 1.29 bits per heavy atom. The van der Waals surface area contributed by atoms with Crippen molar-refractivity contribution < 1.29 is 4.74 Å². The molecule has 3 N–H and O–H groups in total. The lowest BCUT2D eigenvalue weighted by Gasteiger charge is -2.22. The van der Waals surface area contributed by atoms with E-state index in [4.69, 9.17) is 4.74 Å². The van der Waals surface area contributed by atoms with Gasteiger partial charge in [-0.25, -0.2) is 0 Å². The molecule has 1 aromatic rings. The van der Waals surface area contributed by atoms with E-state index in [9.17, 15) is 0 Å². The van der Waals surface area contributed by atoms with Crippen molar-refractivity contribution in [2.45, 2.75) is 53.1 Å². The van der Waals surface area contributed by atoms with Crippen molar-refractivity contribution in [2.24, 2.45) is 4.99 Å². The van der Waals surface area contributed by atoms with Crippen molar-refractivity contribution in [1.29, 1.82) is 0 Å². The van der Waals surface area contributed by atoms with E-state index in [0.717, 1.165) is 36.9 Å². The van der Waals surface area contributed by atoms with Crippen LogP contribution >= 0.6 is 0 Å². The molecule has 0 amide bonds. The van der Waals surface area contributed by atoms with Gasteiger partial charge in [-0.1, -0.05) is 17.7 Å². The molecule has 136 valence electrons. The lowest BCUT2D eigenvalue weighted by atomic mass is 10.0.